The van der Waals surface area contributed by atoms with E-state index in [9.17, 15) is 18.0 Å². The first-order chi connectivity index (χ1) is 15.2. The molecule has 1 aromatic heterocycles. The number of nitrogens with zero attached hydrogens (tertiary/aromatic N) is 1. The molecule has 0 aliphatic heterocycles. The van der Waals surface area contributed by atoms with Crippen LogP contribution in [0.25, 0.3) is 11.5 Å². The highest BCUT2D eigenvalue weighted by atomic mass is 32.2. The van der Waals surface area contributed by atoms with Gasteiger partial charge < -0.3 is 14.5 Å². The second kappa shape index (κ2) is 9.78. The fourth-order valence-electron chi connectivity index (χ4n) is 3.08. The van der Waals surface area contributed by atoms with Crippen molar-refractivity contribution in [2.24, 2.45) is 0 Å². The number of nitrogens with one attached hydrogen (secondary N) is 1. The van der Waals surface area contributed by atoms with E-state index in [4.69, 9.17) is 9.15 Å². The molecule has 0 saturated heterocycles. The highest BCUT2D eigenvalue weighted by molar-refractivity contribution is 7.91. The van der Waals surface area contributed by atoms with E-state index in [2.05, 4.69) is 10.3 Å². The zero-order valence-electron chi connectivity index (χ0n) is 18.0. The molecule has 3 aromatic rings. The standard InChI is InChI=1S/C23H24N2O6S/c1-4-30-23(27)17-9-7-10-18(12-17)24-21(26)14-32(28,29)13-20-16(3)31-22(25-20)19-11-6-5-8-15(19)2/h5-12H,4,13-14H2,1-3H3,(H,24,26). The van der Waals surface area contributed by atoms with Crippen LogP contribution in [0.15, 0.2) is 52.9 Å². The van der Waals surface area contributed by atoms with Crippen molar-refractivity contribution in [3.05, 3.63) is 71.1 Å². The molecule has 1 amide bonds. The van der Waals surface area contributed by atoms with Crippen LogP contribution >= 0.6 is 0 Å². The smallest absolute Gasteiger partial charge is 0.338 e. The van der Waals surface area contributed by atoms with E-state index < -0.39 is 33.2 Å². The Bertz CT molecular complexity index is 1250. The van der Waals surface area contributed by atoms with Crippen LogP contribution in [0.3, 0.4) is 0 Å². The van der Waals surface area contributed by atoms with Gasteiger partial charge in [0.25, 0.3) is 0 Å². The third kappa shape index (κ3) is 5.82. The number of aromatic nitrogens is 1. The molecule has 8 nitrogen and oxygen atoms in total. The fraction of sp³-hybridized carbons (Fsp3) is 0.261. The molecule has 3 rings (SSSR count). The molecule has 32 heavy (non-hydrogen) atoms. The number of hydrogen-bond acceptors (Lipinski definition) is 7. The first-order valence-electron chi connectivity index (χ1n) is 9.98. The van der Waals surface area contributed by atoms with Crippen LogP contribution in [0.5, 0.6) is 0 Å². The van der Waals surface area contributed by atoms with Crippen molar-refractivity contribution in [2.75, 3.05) is 17.7 Å². The number of anilines is 1. The van der Waals surface area contributed by atoms with Crippen molar-refractivity contribution < 1.29 is 27.2 Å². The lowest BCUT2D eigenvalue weighted by molar-refractivity contribution is -0.113. The van der Waals surface area contributed by atoms with E-state index in [0.29, 0.717) is 17.3 Å². The third-order valence-electron chi connectivity index (χ3n) is 4.63. The lowest BCUT2D eigenvalue weighted by atomic mass is 10.1. The minimum absolute atomic E-state index is 0.223. The SMILES string of the molecule is CCOC(=O)c1cccc(NC(=O)CS(=O)(=O)Cc2nc(-c3ccccc3C)oc2C)c1. The van der Waals surface area contributed by atoms with Gasteiger partial charge in [-0.2, -0.15) is 0 Å². The van der Waals surface area contributed by atoms with E-state index in [0.717, 1.165) is 11.1 Å². The second-order valence-corrected chi connectivity index (χ2v) is 9.28. The zero-order chi connectivity index (χ0) is 23.3. The maximum absolute atomic E-state index is 12.6. The van der Waals surface area contributed by atoms with Crippen molar-refractivity contribution in [2.45, 2.75) is 26.5 Å². The van der Waals surface area contributed by atoms with E-state index in [1.807, 2.05) is 31.2 Å². The van der Waals surface area contributed by atoms with Crippen molar-refractivity contribution in [1.82, 2.24) is 4.98 Å². The molecule has 0 spiro atoms. The van der Waals surface area contributed by atoms with Gasteiger partial charge in [0.15, 0.2) is 9.84 Å². The highest BCUT2D eigenvalue weighted by Gasteiger charge is 2.23. The molecule has 9 heteroatoms. The minimum atomic E-state index is -3.82. The summed E-state index contributed by atoms with van der Waals surface area (Å²) in [7, 11) is -3.82. The molecule has 0 aliphatic carbocycles. The van der Waals surface area contributed by atoms with Crippen LogP contribution in [-0.4, -0.2) is 37.6 Å². The number of oxazole rings is 1. The number of hydrogen-bond donors (Lipinski definition) is 1. The number of aryl methyl sites for hydroxylation is 2. The Morgan fingerprint density at radius 3 is 2.56 bits per heavy atom. The molecule has 0 atom stereocenters. The van der Waals surface area contributed by atoms with Gasteiger partial charge in [-0.3, -0.25) is 4.79 Å². The molecule has 0 bridgehead atoms. The number of carbonyl (C=O) groups excluding carboxylic acids is 2. The van der Waals surface area contributed by atoms with Crippen molar-refractivity contribution >= 4 is 27.4 Å². The highest BCUT2D eigenvalue weighted by Crippen LogP contribution is 2.25. The van der Waals surface area contributed by atoms with Gasteiger partial charge in [0.05, 0.1) is 23.6 Å². The van der Waals surface area contributed by atoms with Gasteiger partial charge >= 0.3 is 5.97 Å². The fourth-order valence-corrected chi connectivity index (χ4v) is 4.34. The van der Waals surface area contributed by atoms with Gasteiger partial charge in [-0.1, -0.05) is 24.3 Å². The molecule has 0 unspecified atom stereocenters. The van der Waals surface area contributed by atoms with Crippen LogP contribution in [0.2, 0.25) is 0 Å². The predicted molar refractivity (Wildman–Crippen MR) is 120 cm³/mol. The Hall–Kier alpha value is -3.46. The Kier molecular flexibility index (Phi) is 7.09. The summed E-state index contributed by atoms with van der Waals surface area (Å²) in [5.74, 6) is -1.68. The van der Waals surface area contributed by atoms with Gasteiger partial charge in [0.1, 0.15) is 11.5 Å². The number of sulfone groups is 1. The van der Waals surface area contributed by atoms with Crippen LogP contribution < -0.4 is 5.32 Å². The lowest BCUT2D eigenvalue weighted by Gasteiger charge is -2.08. The first-order valence-corrected chi connectivity index (χ1v) is 11.8. The van der Waals surface area contributed by atoms with E-state index in [-0.39, 0.29) is 17.9 Å². The quantitative estimate of drug-likeness (QED) is 0.514. The van der Waals surface area contributed by atoms with Crippen molar-refractivity contribution in [1.29, 1.82) is 0 Å². The van der Waals surface area contributed by atoms with Crippen LogP contribution in [0.1, 0.15) is 34.3 Å². The second-order valence-electron chi connectivity index (χ2n) is 7.22. The van der Waals surface area contributed by atoms with Gasteiger partial charge in [0.2, 0.25) is 11.8 Å². The summed E-state index contributed by atoms with van der Waals surface area (Å²) in [4.78, 5) is 28.5. The molecular weight excluding hydrogens is 432 g/mol. The van der Waals surface area contributed by atoms with E-state index in [1.54, 1.807) is 32.0 Å². The summed E-state index contributed by atoms with van der Waals surface area (Å²) in [5.41, 5.74) is 2.55. The van der Waals surface area contributed by atoms with Gasteiger partial charge in [-0.05, 0) is 50.6 Å². The largest absolute Gasteiger partial charge is 0.462 e. The molecule has 0 radical (unpaired) electrons. The Morgan fingerprint density at radius 2 is 1.84 bits per heavy atom. The minimum Gasteiger partial charge on any atom is -0.462 e. The van der Waals surface area contributed by atoms with E-state index >= 15 is 0 Å². The first kappa shape index (κ1) is 23.2. The summed E-state index contributed by atoms with van der Waals surface area (Å²) in [5, 5.41) is 2.50. The maximum atomic E-state index is 12.6. The van der Waals surface area contributed by atoms with Crippen LogP contribution in [0, 0.1) is 13.8 Å². The summed E-state index contributed by atoms with van der Waals surface area (Å²) in [6.45, 7) is 5.46. The lowest BCUT2D eigenvalue weighted by Crippen LogP contribution is -2.24. The number of ether oxygens (including phenoxy) is 1. The van der Waals surface area contributed by atoms with Crippen molar-refractivity contribution in [3.8, 4) is 11.5 Å². The number of amides is 1. The summed E-state index contributed by atoms with van der Waals surface area (Å²) in [6.07, 6.45) is 0. The maximum Gasteiger partial charge on any atom is 0.338 e. The summed E-state index contributed by atoms with van der Waals surface area (Å²) < 4.78 is 35.8. The van der Waals surface area contributed by atoms with Crippen LogP contribution in [0.4, 0.5) is 5.69 Å². The van der Waals surface area contributed by atoms with Gasteiger partial charge in [-0.15, -0.1) is 0 Å². The van der Waals surface area contributed by atoms with Crippen molar-refractivity contribution in [3.63, 3.8) is 0 Å². The molecule has 0 fully saturated rings. The molecule has 2 aromatic carbocycles. The third-order valence-corrected chi connectivity index (χ3v) is 6.05. The number of rotatable bonds is 8. The number of carbonyl (C=O) groups is 2. The predicted octanol–water partition coefficient (Wildman–Crippen LogP) is 3.69. The number of benzene rings is 2. The molecule has 0 saturated carbocycles. The average molecular weight is 457 g/mol. The van der Waals surface area contributed by atoms with Gasteiger partial charge in [0, 0.05) is 11.3 Å². The Morgan fingerprint density at radius 1 is 1.09 bits per heavy atom. The topological polar surface area (TPSA) is 116 Å². The average Bonchev–Trinajstić information content (AvgIpc) is 3.07. The summed E-state index contributed by atoms with van der Waals surface area (Å²) >= 11 is 0. The monoisotopic (exact) mass is 456 g/mol. The molecular formula is C23H24N2O6S. The normalized spacial score (nSPS) is 11.2. The van der Waals surface area contributed by atoms with Crippen LogP contribution in [-0.2, 0) is 25.1 Å². The molecule has 1 N–H and O–H groups in total. The Balaban J connectivity index is 1.68. The molecule has 168 valence electrons. The molecule has 0 aliphatic rings. The number of esters is 1. The van der Waals surface area contributed by atoms with E-state index in [1.165, 1.54) is 6.07 Å². The zero-order valence-corrected chi connectivity index (χ0v) is 18.9. The summed E-state index contributed by atoms with van der Waals surface area (Å²) in [6, 6.07) is 13.6. The van der Waals surface area contributed by atoms with Gasteiger partial charge in [-0.25, -0.2) is 18.2 Å². The Labute approximate surface area is 186 Å². The molecule has 1 heterocycles.